The molecule has 0 fully saturated rings. The lowest BCUT2D eigenvalue weighted by Crippen LogP contribution is -2.26. The van der Waals surface area contributed by atoms with Gasteiger partial charge in [0.15, 0.2) is 11.9 Å². The molecule has 0 saturated heterocycles. The number of Topliss-reactive ketones (excluding diaryl/α,β-unsaturated/α-hetero) is 1. The highest BCUT2D eigenvalue weighted by Crippen LogP contribution is 2.30. The number of carbonyl (C=O) groups is 2. The third kappa shape index (κ3) is 2.37. The van der Waals surface area contributed by atoms with E-state index in [9.17, 15) is 9.59 Å². The summed E-state index contributed by atoms with van der Waals surface area (Å²) in [5, 5.41) is 0. The molecule has 0 aromatic heterocycles. The molecule has 0 spiro atoms. The number of fused-ring (bicyclic) bond motifs is 1. The minimum Gasteiger partial charge on any atom is -0.479 e. The van der Waals surface area contributed by atoms with E-state index in [4.69, 9.17) is 4.74 Å². The number of hydrogen-bond donors (Lipinski definition) is 0. The predicted molar refractivity (Wildman–Crippen MR) is 65.8 cm³/mol. The molecule has 1 aromatic rings. The van der Waals surface area contributed by atoms with Crippen molar-refractivity contribution in [1.82, 2.24) is 0 Å². The smallest absolute Gasteiger partial charge is 0.346 e. The maximum atomic E-state index is 11.8. The SMILES string of the molecule is COC(=O)C(C)Oc1cccc2c1CCCC2=O. The molecule has 1 unspecified atom stereocenters. The predicted octanol–water partition coefficient (Wildman–Crippen LogP) is 2.15. The Morgan fingerprint density at radius 2 is 2.11 bits per heavy atom. The summed E-state index contributed by atoms with van der Waals surface area (Å²) in [7, 11) is 1.33. The summed E-state index contributed by atoms with van der Waals surface area (Å²) in [4.78, 5) is 23.1. The molecular weight excluding hydrogens is 232 g/mol. The van der Waals surface area contributed by atoms with Gasteiger partial charge in [-0.25, -0.2) is 4.79 Å². The highest BCUT2D eigenvalue weighted by atomic mass is 16.6. The Bertz CT molecular complexity index is 479. The Hall–Kier alpha value is -1.84. The number of ketones is 1. The lowest BCUT2D eigenvalue weighted by Gasteiger charge is -2.20. The fraction of sp³-hybridized carbons (Fsp3) is 0.429. The molecule has 4 heteroatoms. The third-order valence-electron chi connectivity index (χ3n) is 3.10. The average molecular weight is 248 g/mol. The molecule has 96 valence electrons. The first-order valence-corrected chi connectivity index (χ1v) is 6.03. The second kappa shape index (κ2) is 5.21. The molecule has 1 aliphatic rings. The van der Waals surface area contributed by atoms with Crippen molar-refractivity contribution in [2.45, 2.75) is 32.3 Å². The van der Waals surface area contributed by atoms with E-state index in [1.807, 2.05) is 6.07 Å². The Morgan fingerprint density at radius 1 is 1.33 bits per heavy atom. The molecule has 0 N–H and O–H groups in total. The zero-order valence-corrected chi connectivity index (χ0v) is 10.6. The molecule has 1 atom stereocenters. The monoisotopic (exact) mass is 248 g/mol. The van der Waals surface area contributed by atoms with Gasteiger partial charge < -0.3 is 9.47 Å². The van der Waals surface area contributed by atoms with Crippen LogP contribution < -0.4 is 4.74 Å². The van der Waals surface area contributed by atoms with Crippen molar-refractivity contribution >= 4 is 11.8 Å². The molecule has 1 aliphatic carbocycles. The van der Waals surface area contributed by atoms with Crippen molar-refractivity contribution < 1.29 is 19.1 Å². The van der Waals surface area contributed by atoms with E-state index in [0.29, 0.717) is 12.2 Å². The summed E-state index contributed by atoms with van der Waals surface area (Å²) in [6.07, 6.45) is 1.56. The zero-order chi connectivity index (χ0) is 13.1. The third-order valence-corrected chi connectivity index (χ3v) is 3.10. The second-order valence-corrected chi connectivity index (χ2v) is 4.34. The van der Waals surface area contributed by atoms with E-state index in [-0.39, 0.29) is 5.78 Å². The maximum Gasteiger partial charge on any atom is 0.346 e. The van der Waals surface area contributed by atoms with Gasteiger partial charge in [-0.2, -0.15) is 0 Å². The molecule has 0 radical (unpaired) electrons. The molecule has 1 aromatic carbocycles. The van der Waals surface area contributed by atoms with E-state index in [1.54, 1.807) is 19.1 Å². The zero-order valence-electron chi connectivity index (χ0n) is 10.6. The van der Waals surface area contributed by atoms with Crippen LogP contribution in [0.2, 0.25) is 0 Å². The van der Waals surface area contributed by atoms with Gasteiger partial charge in [0.05, 0.1) is 7.11 Å². The van der Waals surface area contributed by atoms with Crippen molar-refractivity contribution in [3.05, 3.63) is 29.3 Å². The summed E-state index contributed by atoms with van der Waals surface area (Å²) in [5.41, 5.74) is 1.63. The fourth-order valence-corrected chi connectivity index (χ4v) is 2.16. The van der Waals surface area contributed by atoms with Crippen LogP contribution >= 0.6 is 0 Å². The summed E-state index contributed by atoms with van der Waals surface area (Å²) in [6, 6.07) is 5.38. The van der Waals surface area contributed by atoms with E-state index in [1.165, 1.54) is 7.11 Å². The molecule has 0 saturated carbocycles. The van der Waals surface area contributed by atoms with Gasteiger partial charge in [-0.1, -0.05) is 12.1 Å². The second-order valence-electron chi connectivity index (χ2n) is 4.34. The van der Waals surface area contributed by atoms with Crippen LogP contribution in [0.25, 0.3) is 0 Å². The van der Waals surface area contributed by atoms with Gasteiger partial charge in [0.2, 0.25) is 0 Å². The molecule has 0 heterocycles. The molecular formula is C14H16O4. The van der Waals surface area contributed by atoms with Gasteiger partial charge in [-0.3, -0.25) is 4.79 Å². The molecule has 18 heavy (non-hydrogen) atoms. The van der Waals surface area contributed by atoms with Crippen molar-refractivity contribution in [2.75, 3.05) is 7.11 Å². The highest BCUT2D eigenvalue weighted by molar-refractivity contribution is 5.99. The van der Waals surface area contributed by atoms with Crippen LogP contribution in [0.4, 0.5) is 0 Å². The van der Waals surface area contributed by atoms with Gasteiger partial charge >= 0.3 is 5.97 Å². The molecule has 0 amide bonds. The number of rotatable bonds is 3. The number of carbonyl (C=O) groups excluding carboxylic acids is 2. The van der Waals surface area contributed by atoms with Crippen LogP contribution in [0.1, 0.15) is 35.7 Å². The Labute approximate surface area is 106 Å². The van der Waals surface area contributed by atoms with Crippen LogP contribution in [-0.4, -0.2) is 25.0 Å². The van der Waals surface area contributed by atoms with Crippen molar-refractivity contribution in [1.29, 1.82) is 0 Å². The van der Waals surface area contributed by atoms with Gasteiger partial charge in [0.1, 0.15) is 5.75 Å². The van der Waals surface area contributed by atoms with Crippen LogP contribution in [0, 0.1) is 0 Å². The van der Waals surface area contributed by atoms with E-state index >= 15 is 0 Å². The molecule has 0 aliphatic heterocycles. The lowest BCUT2D eigenvalue weighted by molar-refractivity contribution is -0.147. The summed E-state index contributed by atoms with van der Waals surface area (Å²) < 4.78 is 10.2. The largest absolute Gasteiger partial charge is 0.479 e. The van der Waals surface area contributed by atoms with Gasteiger partial charge in [-0.15, -0.1) is 0 Å². The van der Waals surface area contributed by atoms with Crippen LogP contribution in [0.15, 0.2) is 18.2 Å². The van der Waals surface area contributed by atoms with Crippen molar-refractivity contribution in [2.24, 2.45) is 0 Å². The van der Waals surface area contributed by atoms with Gasteiger partial charge in [-0.05, 0) is 25.8 Å². The Morgan fingerprint density at radius 3 is 2.83 bits per heavy atom. The average Bonchev–Trinajstić information content (AvgIpc) is 2.39. The Balaban J connectivity index is 2.26. The van der Waals surface area contributed by atoms with Crippen LogP contribution in [0.3, 0.4) is 0 Å². The van der Waals surface area contributed by atoms with Crippen LogP contribution in [-0.2, 0) is 16.0 Å². The van der Waals surface area contributed by atoms with Gasteiger partial charge in [0.25, 0.3) is 0 Å². The van der Waals surface area contributed by atoms with Crippen molar-refractivity contribution in [3.8, 4) is 5.75 Å². The lowest BCUT2D eigenvalue weighted by atomic mass is 9.90. The quantitative estimate of drug-likeness (QED) is 0.769. The minimum atomic E-state index is -0.668. The van der Waals surface area contributed by atoms with Gasteiger partial charge in [0, 0.05) is 17.5 Å². The first-order chi connectivity index (χ1) is 8.63. The number of methoxy groups -OCH3 is 1. The van der Waals surface area contributed by atoms with Crippen LogP contribution in [0.5, 0.6) is 5.75 Å². The normalized spacial score (nSPS) is 15.8. The standard InChI is InChI=1S/C14H16O4/c1-9(14(16)17-2)18-13-8-4-5-10-11(13)6-3-7-12(10)15/h4-5,8-9H,3,6-7H2,1-2H3. The molecule has 2 rings (SSSR count). The number of benzene rings is 1. The molecule has 4 nitrogen and oxygen atoms in total. The summed E-state index contributed by atoms with van der Waals surface area (Å²) in [5.74, 6) is 0.334. The van der Waals surface area contributed by atoms with E-state index in [2.05, 4.69) is 4.74 Å². The first kappa shape index (κ1) is 12.6. The summed E-state index contributed by atoms with van der Waals surface area (Å²) in [6.45, 7) is 1.63. The number of ether oxygens (including phenoxy) is 2. The van der Waals surface area contributed by atoms with E-state index in [0.717, 1.165) is 24.0 Å². The minimum absolute atomic E-state index is 0.146. The number of esters is 1. The number of hydrogen-bond acceptors (Lipinski definition) is 4. The topological polar surface area (TPSA) is 52.6 Å². The Kier molecular flexibility index (Phi) is 3.65. The maximum absolute atomic E-state index is 11.8. The fourth-order valence-electron chi connectivity index (χ4n) is 2.16. The van der Waals surface area contributed by atoms with Crippen molar-refractivity contribution in [3.63, 3.8) is 0 Å². The first-order valence-electron chi connectivity index (χ1n) is 6.03. The summed E-state index contributed by atoms with van der Waals surface area (Å²) >= 11 is 0. The molecule has 0 bridgehead atoms. The highest BCUT2D eigenvalue weighted by Gasteiger charge is 2.22. The van der Waals surface area contributed by atoms with E-state index < -0.39 is 12.1 Å².